The molecule has 0 aliphatic heterocycles. The van der Waals surface area contributed by atoms with E-state index in [2.05, 4.69) is 9.17 Å². The summed E-state index contributed by atoms with van der Waals surface area (Å²) in [7, 11) is -4.59. The van der Waals surface area contributed by atoms with Crippen molar-refractivity contribution >= 4 is 16.4 Å². The number of pyridine rings is 1. The van der Waals surface area contributed by atoms with Crippen LogP contribution in [0.5, 0.6) is 11.5 Å². The van der Waals surface area contributed by atoms with E-state index in [1.54, 1.807) is 18.3 Å². The smallest absolute Gasteiger partial charge is 0.446 e. The van der Waals surface area contributed by atoms with Gasteiger partial charge in [0.2, 0.25) is 0 Å². The number of carboxylic acids is 1. The van der Waals surface area contributed by atoms with E-state index in [4.69, 9.17) is 14.4 Å². The highest BCUT2D eigenvalue weighted by atomic mass is 32.3. The summed E-state index contributed by atoms with van der Waals surface area (Å²) in [6, 6.07) is 19.7. The summed E-state index contributed by atoms with van der Waals surface area (Å²) in [4.78, 5) is 15.0. The quantitative estimate of drug-likeness (QED) is 0.293. The van der Waals surface area contributed by atoms with Crippen LogP contribution >= 0.6 is 0 Å². The van der Waals surface area contributed by atoms with Gasteiger partial charge in [-0.3, -0.25) is 14.3 Å². The minimum atomic E-state index is -4.59. The predicted molar refractivity (Wildman–Crippen MR) is 122 cm³/mol. The number of hydrogen-bond acceptors (Lipinski definition) is 6. The zero-order valence-electron chi connectivity index (χ0n) is 17.8. The Labute approximate surface area is 192 Å². The molecule has 0 aliphatic carbocycles. The Balaban J connectivity index is 1.72. The molecule has 0 saturated carbocycles. The van der Waals surface area contributed by atoms with E-state index in [0.717, 1.165) is 29.7 Å². The van der Waals surface area contributed by atoms with Gasteiger partial charge < -0.3 is 14.0 Å². The first-order valence-corrected chi connectivity index (χ1v) is 11.8. The van der Waals surface area contributed by atoms with Crippen LogP contribution in [-0.4, -0.2) is 35.6 Å². The Morgan fingerprint density at radius 2 is 1.52 bits per heavy atom. The topological polar surface area (TPSA) is 123 Å². The molecule has 1 unspecified atom stereocenters. The molecule has 2 aromatic carbocycles. The molecule has 0 amide bonds. The average Bonchev–Trinajstić information content (AvgIpc) is 2.78. The summed E-state index contributed by atoms with van der Waals surface area (Å²) in [6.45, 7) is 0.512. The molecule has 1 atom stereocenters. The number of rotatable bonds is 12. The number of carbonyl (C=O) groups is 1. The molecule has 1 heterocycles. The van der Waals surface area contributed by atoms with Crippen LogP contribution in [0.4, 0.5) is 0 Å². The Morgan fingerprint density at radius 3 is 2.06 bits per heavy atom. The van der Waals surface area contributed by atoms with Gasteiger partial charge in [-0.2, -0.15) is 8.42 Å². The van der Waals surface area contributed by atoms with Crippen LogP contribution in [0.25, 0.3) is 0 Å². The highest BCUT2D eigenvalue weighted by Crippen LogP contribution is 2.32. The second-order valence-corrected chi connectivity index (χ2v) is 8.41. The summed E-state index contributed by atoms with van der Waals surface area (Å²) in [5.74, 6) is -0.271. The predicted octanol–water partition coefficient (Wildman–Crippen LogP) is 4.47. The summed E-state index contributed by atoms with van der Waals surface area (Å²) < 4.78 is 41.0. The molecule has 2 N–H and O–H groups in total. The van der Waals surface area contributed by atoms with Crippen molar-refractivity contribution in [2.75, 3.05) is 6.61 Å². The van der Waals surface area contributed by atoms with E-state index >= 15 is 0 Å². The lowest BCUT2D eigenvalue weighted by Crippen LogP contribution is -2.08. The standard InChI is InChI=1S/C24H25NO7S/c26-23(27)7-2-1-5-17-31-20-12-8-18(9-13-20)24(22-6-3-4-16-25-22)19-10-14-21(15-11-19)32-33(28,29)30/h3-4,6,8-16,24H,1-2,5,7,17H2,(H,26,27)(H,28,29,30). The van der Waals surface area contributed by atoms with Gasteiger partial charge in [-0.05, 0) is 66.8 Å². The van der Waals surface area contributed by atoms with Crippen molar-refractivity contribution in [2.45, 2.75) is 31.6 Å². The molecule has 3 rings (SSSR count). The van der Waals surface area contributed by atoms with E-state index in [-0.39, 0.29) is 18.1 Å². The largest absolute Gasteiger partial charge is 0.494 e. The van der Waals surface area contributed by atoms with Crippen LogP contribution in [0, 0.1) is 0 Å². The minimum Gasteiger partial charge on any atom is -0.494 e. The van der Waals surface area contributed by atoms with Gasteiger partial charge in [0.25, 0.3) is 0 Å². The lowest BCUT2D eigenvalue weighted by molar-refractivity contribution is -0.137. The molecule has 33 heavy (non-hydrogen) atoms. The van der Waals surface area contributed by atoms with Crippen molar-refractivity contribution in [1.82, 2.24) is 4.98 Å². The van der Waals surface area contributed by atoms with Gasteiger partial charge in [0.1, 0.15) is 11.5 Å². The third-order valence-electron chi connectivity index (χ3n) is 4.92. The molecule has 0 aliphatic rings. The van der Waals surface area contributed by atoms with Crippen molar-refractivity contribution in [3.8, 4) is 11.5 Å². The second kappa shape index (κ2) is 11.4. The van der Waals surface area contributed by atoms with Gasteiger partial charge in [-0.25, -0.2) is 0 Å². The van der Waals surface area contributed by atoms with Gasteiger partial charge in [0.15, 0.2) is 0 Å². The molecule has 9 heteroatoms. The highest BCUT2D eigenvalue weighted by molar-refractivity contribution is 7.81. The monoisotopic (exact) mass is 471 g/mol. The highest BCUT2D eigenvalue weighted by Gasteiger charge is 2.19. The van der Waals surface area contributed by atoms with Gasteiger partial charge in [0.05, 0.1) is 18.2 Å². The fourth-order valence-electron chi connectivity index (χ4n) is 3.42. The molecule has 0 radical (unpaired) electrons. The van der Waals surface area contributed by atoms with Crippen molar-refractivity contribution in [3.63, 3.8) is 0 Å². The average molecular weight is 472 g/mol. The molecule has 1 aromatic heterocycles. The number of nitrogens with zero attached hydrogens (tertiary/aromatic N) is 1. The molecular formula is C24H25NO7S. The molecule has 174 valence electrons. The maximum atomic E-state index is 10.9. The van der Waals surface area contributed by atoms with Gasteiger partial charge in [-0.15, -0.1) is 0 Å². The van der Waals surface area contributed by atoms with Gasteiger partial charge >= 0.3 is 16.4 Å². The maximum absolute atomic E-state index is 10.9. The van der Waals surface area contributed by atoms with E-state index in [9.17, 15) is 13.2 Å². The summed E-state index contributed by atoms with van der Waals surface area (Å²) in [5.41, 5.74) is 2.64. The minimum absolute atomic E-state index is 0.00752. The fourth-order valence-corrected chi connectivity index (χ4v) is 3.77. The number of ether oxygens (including phenoxy) is 1. The van der Waals surface area contributed by atoms with E-state index in [1.165, 1.54) is 12.1 Å². The first kappa shape index (κ1) is 24.2. The van der Waals surface area contributed by atoms with Crippen molar-refractivity contribution < 1.29 is 31.8 Å². The Hall–Kier alpha value is -3.43. The second-order valence-electron chi connectivity index (χ2n) is 7.39. The van der Waals surface area contributed by atoms with Crippen molar-refractivity contribution in [3.05, 3.63) is 89.7 Å². The number of carboxylic acid groups (broad SMARTS) is 1. The summed E-state index contributed by atoms with van der Waals surface area (Å²) >= 11 is 0. The molecule has 0 fully saturated rings. The number of unbranched alkanes of at least 4 members (excludes halogenated alkanes) is 2. The lowest BCUT2D eigenvalue weighted by atomic mass is 9.88. The van der Waals surface area contributed by atoms with E-state index in [1.807, 2.05) is 42.5 Å². The lowest BCUT2D eigenvalue weighted by Gasteiger charge is -2.18. The van der Waals surface area contributed by atoms with Crippen LogP contribution in [0.15, 0.2) is 72.9 Å². The summed E-state index contributed by atoms with van der Waals surface area (Å²) in [6.07, 6.45) is 4.09. The number of benzene rings is 2. The van der Waals surface area contributed by atoms with Gasteiger partial charge in [0, 0.05) is 12.6 Å². The molecule has 8 nitrogen and oxygen atoms in total. The van der Waals surface area contributed by atoms with Crippen LogP contribution in [-0.2, 0) is 15.2 Å². The number of hydrogen-bond donors (Lipinski definition) is 2. The van der Waals surface area contributed by atoms with Crippen LogP contribution in [0.3, 0.4) is 0 Å². The Bertz CT molecular complexity index is 1130. The van der Waals surface area contributed by atoms with Crippen LogP contribution in [0.2, 0.25) is 0 Å². The molecule has 3 aromatic rings. The maximum Gasteiger partial charge on any atom is 0.446 e. The zero-order valence-corrected chi connectivity index (χ0v) is 18.6. The van der Waals surface area contributed by atoms with E-state index in [0.29, 0.717) is 18.8 Å². The molecule has 0 bridgehead atoms. The Kier molecular flexibility index (Phi) is 8.39. The first-order chi connectivity index (χ1) is 15.8. The SMILES string of the molecule is O=C(O)CCCCCOc1ccc(C(c2ccc(OS(=O)(=O)O)cc2)c2ccccn2)cc1. The van der Waals surface area contributed by atoms with E-state index < -0.39 is 16.4 Å². The van der Waals surface area contributed by atoms with Gasteiger partial charge in [-0.1, -0.05) is 30.3 Å². The zero-order chi connectivity index (χ0) is 23.7. The fraction of sp³-hybridized carbons (Fsp3) is 0.250. The van der Waals surface area contributed by atoms with Crippen molar-refractivity contribution in [1.29, 1.82) is 0 Å². The molecule has 0 saturated heterocycles. The van der Waals surface area contributed by atoms with Crippen LogP contribution in [0.1, 0.15) is 48.4 Å². The summed E-state index contributed by atoms with van der Waals surface area (Å²) in [5, 5.41) is 8.67. The first-order valence-electron chi connectivity index (χ1n) is 10.4. The number of aliphatic carboxylic acids is 1. The number of aromatic nitrogens is 1. The third kappa shape index (κ3) is 7.89. The van der Waals surface area contributed by atoms with Crippen LogP contribution < -0.4 is 8.92 Å². The van der Waals surface area contributed by atoms with Crippen molar-refractivity contribution in [2.24, 2.45) is 0 Å². The normalized spacial score (nSPS) is 12.2. The molecule has 0 spiro atoms. The third-order valence-corrected chi connectivity index (χ3v) is 5.32. The molecular weight excluding hydrogens is 446 g/mol. The Morgan fingerprint density at radius 1 is 0.879 bits per heavy atom.